The number of hydrogen-bond donors (Lipinski definition) is 3. The Labute approximate surface area is 201 Å². The lowest BCUT2D eigenvalue weighted by Crippen LogP contribution is -2.42. The number of amides is 3. The minimum Gasteiger partial charge on any atom is -0.369 e. The number of hydrogen-bond acceptors (Lipinski definition) is 4. The molecule has 7 heteroatoms. The summed E-state index contributed by atoms with van der Waals surface area (Å²) in [4.78, 5) is 31.3. The first kappa shape index (κ1) is 23.5. The van der Waals surface area contributed by atoms with Crippen LogP contribution in [-0.4, -0.2) is 34.9 Å². The number of nitrogens with two attached hydrogens (primary N) is 1. The van der Waals surface area contributed by atoms with Crippen LogP contribution in [-0.2, 0) is 24.3 Å². The van der Waals surface area contributed by atoms with E-state index in [4.69, 9.17) is 5.73 Å². The quantitative estimate of drug-likeness (QED) is 0.498. The van der Waals surface area contributed by atoms with Gasteiger partial charge in [-0.1, -0.05) is 68.0 Å². The molecule has 0 fully saturated rings. The Hall–Kier alpha value is -3.61. The summed E-state index contributed by atoms with van der Waals surface area (Å²) >= 11 is 0. The van der Waals surface area contributed by atoms with Crippen LogP contribution in [0.15, 0.2) is 59.6 Å². The highest BCUT2D eigenvalue weighted by Crippen LogP contribution is 2.37. The molecular weight excluding hydrogens is 426 g/mol. The van der Waals surface area contributed by atoms with E-state index in [1.807, 2.05) is 43.3 Å². The summed E-state index contributed by atoms with van der Waals surface area (Å²) in [6.07, 6.45) is 5.62. The van der Waals surface area contributed by atoms with E-state index < -0.39 is 5.54 Å². The molecule has 34 heavy (non-hydrogen) atoms. The molecule has 7 nitrogen and oxygen atoms in total. The zero-order valence-corrected chi connectivity index (χ0v) is 19.9. The molecule has 1 aliphatic carbocycles. The normalized spacial score (nSPS) is 19.0. The van der Waals surface area contributed by atoms with Gasteiger partial charge in [-0.05, 0) is 47.6 Å². The van der Waals surface area contributed by atoms with Crippen molar-refractivity contribution in [3.63, 3.8) is 0 Å². The first-order valence-electron chi connectivity index (χ1n) is 11.9. The van der Waals surface area contributed by atoms with Gasteiger partial charge in [-0.15, -0.1) is 0 Å². The van der Waals surface area contributed by atoms with Crippen molar-refractivity contribution in [2.45, 2.75) is 58.2 Å². The van der Waals surface area contributed by atoms with Crippen molar-refractivity contribution in [2.75, 3.05) is 6.54 Å². The highest BCUT2D eigenvalue weighted by atomic mass is 16.2. The molecule has 1 aliphatic heterocycles. The maximum Gasteiger partial charge on any atom is 0.315 e. The minimum atomic E-state index is -0.900. The molecule has 0 aromatic heterocycles. The van der Waals surface area contributed by atoms with Crippen LogP contribution in [0.2, 0.25) is 0 Å². The van der Waals surface area contributed by atoms with Crippen molar-refractivity contribution >= 4 is 23.5 Å². The summed E-state index contributed by atoms with van der Waals surface area (Å²) in [6, 6.07) is 16.0. The Morgan fingerprint density at radius 1 is 1.12 bits per heavy atom. The lowest BCUT2D eigenvalue weighted by Gasteiger charge is -2.23. The molecule has 3 amide bonds. The van der Waals surface area contributed by atoms with Crippen LogP contribution in [0.25, 0.3) is 5.57 Å². The molecule has 0 spiro atoms. The number of nitrogens with zero attached hydrogens (tertiary/aromatic N) is 2. The first-order valence-corrected chi connectivity index (χ1v) is 11.9. The monoisotopic (exact) mass is 459 g/mol. The fourth-order valence-corrected chi connectivity index (χ4v) is 4.49. The van der Waals surface area contributed by atoms with Crippen molar-refractivity contribution in [1.82, 2.24) is 15.5 Å². The summed E-state index contributed by atoms with van der Waals surface area (Å²) in [5, 5.41) is 5.69. The Kier molecular flexibility index (Phi) is 7.01. The van der Waals surface area contributed by atoms with Gasteiger partial charge in [0.2, 0.25) is 0 Å². The van der Waals surface area contributed by atoms with E-state index in [9.17, 15) is 9.59 Å². The molecule has 0 radical (unpaired) electrons. The molecule has 2 aromatic rings. The Balaban J connectivity index is 1.34. The number of carbonyl (C=O) groups excluding carboxylic acids is 2. The van der Waals surface area contributed by atoms with Gasteiger partial charge in [-0.25, -0.2) is 9.79 Å². The summed E-state index contributed by atoms with van der Waals surface area (Å²) in [7, 11) is 0. The molecule has 178 valence electrons. The topological polar surface area (TPSA) is 99.8 Å². The molecule has 2 aliphatic rings. The number of rotatable bonds is 9. The number of aliphatic imine (C=N–C) groups is 1. The maximum absolute atomic E-state index is 13.3. The smallest absolute Gasteiger partial charge is 0.315 e. The highest BCUT2D eigenvalue weighted by molar-refractivity contribution is 6.07. The minimum absolute atomic E-state index is 0.0789. The fraction of sp³-hybridized carbons (Fsp3) is 0.370. The van der Waals surface area contributed by atoms with Crippen molar-refractivity contribution in [2.24, 2.45) is 10.7 Å². The third-order valence-electron chi connectivity index (χ3n) is 6.44. The van der Waals surface area contributed by atoms with Gasteiger partial charge < -0.3 is 16.4 Å². The number of carbonyl (C=O) groups is 2. The van der Waals surface area contributed by atoms with Crippen molar-refractivity contribution in [3.8, 4) is 0 Å². The van der Waals surface area contributed by atoms with Gasteiger partial charge in [0.05, 0.1) is 6.54 Å². The molecular formula is C27H33N5O2. The van der Waals surface area contributed by atoms with Gasteiger partial charge in [0.25, 0.3) is 5.91 Å². The molecule has 1 heterocycles. The average Bonchev–Trinajstić information content (AvgIpc) is 3.32. The number of urea groups is 1. The molecule has 2 aromatic carbocycles. The molecule has 1 atom stereocenters. The van der Waals surface area contributed by atoms with Crippen molar-refractivity contribution in [1.29, 1.82) is 0 Å². The number of nitrogens with one attached hydrogen (secondary N) is 2. The lowest BCUT2D eigenvalue weighted by molar-refractivity contribution is -0.130. The molecule has 4 N–H and O–H groups in total. The number of guanidine groups is 1. The second-order valence-electron chi connectivity index (χ2n) is 9.18. The number of benzene rings is 2. The van der Waals surface area contributed by atoms with Crippen LogP contribution >= 0.6 is 0 Å². The van der Waals surface area contributed by atoms with Crippen LogP contribution < -0.4 is 16.4 Å². The van der Waals surface area contributed by atoms with E-state index >= 15 is 0 Å². The van der Waals surface area contributed by atoms with Crippen LogP contribution in [0.5, 0.6) is 0 Å². The van der Waals surface area contributed by atoms with E-state index in [0.29, 0.717) is 26.1 Å². The number of allylic oxidation sites excluding steroid dienone is 1. The molecule has 1 unspecified atom stereocenters. The standard InChI is InChI=1S/C27H33N5O2/c1-3-4-15-29-26(34)30-17-19-9-11-20(12-10-19)18-32-24(33)27(2,31-25(32)28)16-22-14-13-21-7-5-6-8-23(21)22/h5-12,14H,3-4,13,15-18H2,1-2H3,(H2,28,31)(H2,29,30,34). The molecule has 4 rings (SSSR count). The number of unbranched alkanes of at least 4 members (excludes halogenated alkanes) is 1. The SMILES string of the molecule is CCCCNC(=O)NCc1ccc(CN2C(=O)C(C)(CC3=CCc4ccccc43)N=C2N)cc1. The average molecular weight is 460 g/mol. The van der Waals surface area contributed by atoms with Crippen molar-refractivity contribution < 1.29 is 9.59 Å². The first-order chi connectivity index (χ1) is 16.4. The van der Waals surface area contributed by atoms with E-state index in [1.54, 1.807) is 4.90 Å². The van der Waals surface area contributed by atoms with Crippen LogP contribution in [0.4, 0.5) is 4.79 Å². The Bertz CT molecular complexity index is 1120. The van der Waals surface area contributed by atoms with E-state index in [-0.39, 0.29) is 17.9 Å². The second-order valence-corrected chi connectivity index (χ2v) is 9.18. The largest absolute Gasteiger partial charge is 0.369 e. The summed E-state index contributed by atoms with van der Waals surface area (Å²) in [5.74, 6) is 0.179. The van der Waals surface area contributed by atoms with Gasteiger partial charge in [0.15, 0.2) is 5.96 Å². The second kappa shape index (κ2) is 10.1. The van der Waals surface area contributed by atoms with Gasteiger partial charge in [-0.3, -0.25) is 9.69 Å². The molecule has 0 saturated carbocycles. The third kappa shape index (κ3) is 5.14. The zero-order chi connectivity index (χ0) is 24.1. The summed E-state index contributed by atoms with van der Waals surface area (Å²) < 4.78 is 0. The lowest BCUT2D eigenvalue weighted by atomic mass is 9.90. The van der Waals surface area contributed by atoms with E-state index in [0.717, 1.165) is 36.0 Å². The summed E-state index contributed by atoms with van der Waals surface area (Å²) in [5.41, 5.74) is 10.9. The van der Waals surface area contributed by atoms with Gasteiger partial charge in [0, 0.05) is 19.5 Å². The van der Waals surface area contributed by atoms with Gasteiger partial charge in [0.1, 0.15) is 5.54 Å². The predicted molar refractivity (Wildman–Crippen MR) is 135 cm³/mol. The Morgan fingerprint density at radius 3 is 2.62 bits per heavy atom. The third-order valence-corrected chi connectivity index (χ3v) is 6.44. The number of fused-ring (bicyclic) bond motifs is 1. The van der Waals surface area contributed by atoms with Gasteiger partial charge >= 0.3 is 6.03 Å². The maximum atomic E-state index is 13.3. The van der Waals surface area contributed by atoms with Gasteiger partial charge in [-0.2, -0.15) is 0 Å². The van der Waals surface area contributed by atoms with Crippen LogP contribution in [0, 0.1) is 0 Å². The molecule has 0 saturated heterocycles. The summed E-state index contributed by atoms with van der Waals surface area (Å²) in [6.45, 7) is 5.44. The van der Waals surface area contributed by atoms with Crippen molar-refractivity contribution in [3.05, 3.63) is 76.9 Å². The van der Waals surface area contributed by atoms with E-state index in [2.05, 4.69) is 40.8 Å². The van der Waals surface area contributed by atoms with E-state index in [1.165, 1.54) is 11.1 Å². The highest BCUT2D eigenvalue weighted by Gasteiger charge is 2.44. The molecule has 0 bridgehead atoms. The predicted octanol–water partition coefficient (Wildman–Crippen LogP) is 3.73. The Morgan fingerprint density at radius 2 is 1.85 bits per heavy atom. The van der Waals surface area contributed by atoms with Crippen LogP contribution in [0.1, 0.15) is 55.4 Å². The zero-order valence-electron chi connectivity index (χ0n) is 19.9. The van der Waals surface area contributed by atoms with Crippen LogP contribution in [0.3, 0.4) is 0 Å². The fourth-order valence-electron chi connectivity index (χ4n) is 4.49.